The van der Waals surface area contributed by atoms with Crippen LogP contribution in [0, 0.1) is 11.8 Å². The Balaban J connectivity index is 1.35. The van der Waals surface area contributed by atoms with E-state index < -0.39 is 12.1 Å². The van der Waals surface area contributed by atoms with Crippen LogP contribution in [0.1, 0.15) is 56.0 Å². The highest BCUT2D eigenvalue weighted by Crippen LogP contribution is 2.36. The molecule has 1 fully saturated rings. The van der Waals surface area contributed by atoms with Crippen molar-refractivity contribution in [2.24, 2.45) is 11.8 Å². The molecule has 1 aromatic carbocycles. The van der Waals surface area contributed by atoms with Crippen LogP contribution in [0.2, 0.25) is 0 Å². The highest BCUT2D eigenvalue weighted by atomic mass is 19.1. The molecule has 1 aliphatic rings. The minimum Gasteiger partial charge on any atom is -0.497 e. The van der Waals surface area contributed by atoms with Gasteiger partial charge in [-0.2, -0.15) is 0 Å². The number of pyridine rings is 1. The Kier molecular flexibility index (Phi) is 9.17. The first-order valence-electron chi connectivity index (χ1n) is 12.8. The van der Waals surface area contributed by atoms with Gasteiger partial charge in [0, 0.05) is 43.1 Å². The van der Waals surface area contributed by atoms with E-state index in [9.17, 15) is 9.90 Å². The summed E-state index contributed by atoms with van der Waals surface area (Å²) in [7, 11) is 1.60. The Hall–Kier alpha value is -3.13. The monoisotopic (exact) mass is 494 g/mol. The van der Waals surface area contributed by atoms with Crippen LogP contribution >= 0.6 is 0 Å². The molecular weight excluding hydrogens is 459 g/mol. The van der Waals surface area contributed by atoms with Gasteiger partial charge < -0.3 is 14.7 Å². The average Bonchev–Trinajstić information content (AvgIpc) is 2.91. The summed E-state index contributed by atoms with van der Waals surface area (Å²) in [5, 5.41) is 10.1. The number of aromatic nitrogens is 3. The molecule has 0 radical (unpaired) electrons. The molecule has 36 heavy (non-hydrogen) atoms. The van der Waals surface area contributed by atoms with Crippen molar-refractivity contribution in [3.8, 4) is 5.75 Å². The maximum Gasteiger partial charge on any atom is 0.303 e. The predicted octanol–water partition coefficient (Wildman–Crippen LogP) is 5.26. The number of methoxy groups -OCH3 is 1. The smallest absolute Gasteiger partial charge is 0.303 e. The molecular formula is C28H35FN4O3. The van der Waals surface area contributed by atoms with Gasteiger partial charge in [-0.25, -0.2) is 4.39 Å². The van der Waals surface area contributed by atoms with Gasteiger partial charge in [0.1, 0.15) is 11.9 Å². The molecule has 4 rings (SSSR count). The van der Waals surface area contributed by atoms with Crippen LogP contribution < -0.4 is 4.74 Å². The zero-order valence-electron chi connectivity index (χ0n) is 20.9. The van der Waals surface area contributed by atoms with E-state index in [-0.39, 0.29) is 12.3 Å². The molecule has 0 bridgehead atoms. The quantitative estimate of drug-likeness (QED) is 0.367. The van der Waals surface area contributed by atoms with E-state index in [0.29, 0.717) is 30.1 Å². The third kappa shape index (κ3) is 6.97. The molecule has 3 aromatic rings. The average molecular weight is 495 g/mol. The van der Waals surface area contributed by atoms with Gasteiger partial charge in [-0.15, -0.1) is 0 Å². The van der Waals surface area contributed by atoms with Gasteiger partial charge in [-0.3, -0.25) is 19.7 Å². The van der Waals surface area contributed by atoms with Crippen LogP contribution in [0.25, 0.3) is 10.9 Å². The molecule has 2 aromatic heterocycles. The summed E-state index contributed by atoms with van der Waals surface area (Å²) >= 11 is 0. The summed E-state index contributed by atoms with van der Waals surface area (Å²) in [6.45, 7) is 2.77. The van der Waals surface area contributed by atoms with Gasteiger partial charge in [0.05, 0.1) is 18.3 Å². The predicted molar refractivity (Wildman–Crippen MR) is 137 cm³/mol. The van der Waals surface area contributed by atoms with Crippen molar-refractivity contribution in [3.05, 3.63) is 60.3 Å². The number of rotatable bonds is 12. The van der Waals surface area contributed by atoms with Gasteiger partial charge in [0.25, 0.3) is 0 Å². The largest absolute Gasteiger partial charge is 0.497 e. The van der Waals surface area contributed by atoms with Crippen LogP contribution in [0.5, 0.6) is 5.75 Å². The SMILES string of the molecule is COc1ccc2nccc([C@@H](F)CCC3CCN(CCCc4cnccn4)CC3CCC(=O)O)c2c1. The van der Waals surface area contributed by atoms with E-state index >= 15 is 4.39 Å². The number of alkyl halides is 1. The summed E-state index contributed by atoms with van der Waals surface area (Å²) in [6.07, 6.45) is 10.5. The number of carboxylic acid groups (broad SMARTS) is 1. The first-order valence-corrected chi connectivity index (χ1v) is 12.8. The summed E-state index contributed by atoms with van der Waals surface area (Å²) in [5.41, 5.74) is 2.39. The Morgan fingerprint density at radius 3 is 2.86 bits per heavy atom. The number of halogens is 1. The number of carbonyl (C=O) groups is 1. The number of benzene rings is 1. The molecule has 1 N–H and O–H groups in total. The second-order valence-corrected chi connectivity index (χ2v) is 9.67. The summed E-state index contributed by atoms with van der Waals surface area (Å²) in [6, 6.07) is 7.29. The number of aryl methyl sites for hydroxylation is 1. The minimum absolute atomic E-state index is 0.155. The third-order valence-corrected chi connectivity index (χ3v) is 7.34. The lowest BCUT2D eigenvalue weighted by molar-refractivity contribution is -0.137. The zero-order chi connectivity index (χ0) is 25.3. The van der Waals surface area contributed by atoms with Crippen molar-refractivity contribution in [1.82, 2.24) is 19.9 Å². The van der Waals surface area contributed by atoms with Crippen molar-refractivity contribution < 1.29 is 19.0 Å². The summed E-state index contributed by atoms with van der Waals surface area (Å²) < 4.78 is 20.8. The molecule has 0 saturated carbocycles. The summed E-state index contributed by atoms with van der Waals surface area (Å²) in [4.78, 5) is 26.5. The number of likely N-dealkylation sites (tertiary alicyclic amines) is 1. The van der Waals surface area contributed by atoms with Crippen LogP contribution in [0.3, 0.4) is 0 Å². The molecule has 1 saturated heterocycles. The number of nitrogens with zero attached hydrogens (tertiary/aromatic N) is 4. The van der Waals surface area contributed by atoms with Gasteiger partial charge >= 0.3 is 5.97 Å². The number of ether oxygens (including phenoxy) is 1. The Bertz CT molecular complexity index is 1130. The zero-order valence-corrected chi connectivity index (χ0v) is 20.9. The minimum atomic E-state index is -1.10. The lowest BCUT2D eigenvalue weighted by Crippen LogP contribution is -2.41. The van der Waals surface area contributed by atoms with Crippen LogP contribution in [0.15, 0.2) is 49.1 Å². The fourth-order valence-corrected chi connectivity index (χ4v) is 5.38. The standard InChI is InChI=1S/C28H35FN4O3/c1-36-23-6-8-27-25(17-23)24(10-12-32-27)26(29)7-4-20-11-16-33(19-21(20)5-9-28(34)35)15-2-3-22-18-30-13-14-31-22/h6,8,10,12-14,17-18,20-21,26H,2-5,7,9,11,15-16,19H2,1H3,(H,34,35)/t20?,21?,26-/m0/s1. The molecule has 0 aliphatic carbocycles. The van der Waals surface area contributed by atoms with Crippen LogP contribution in [-0.4, -0.2) is 57.7 Å². The van der Waals surface area contributed by atoms with Crippen molar-refractivity contribution in [2.75, 3.05) is 26.7 Å². The first kappa shape index (κ1) is 25.9. The van der Waals surface area contributed by atoms with E-state index in [1.54, 1.807) is 38.0 Å². The number of piperidine rings is 1. The second kappa shape index (κ2) is 12.7. The summed E-state index contributed by atoms with van der Waals surface area (Å²) in [5.74, 6) is 0.493. The van der Waals surface area contributed by atoms with E-state index in [2.05, 4.69) is 19.9 Å². The molecule has 0 amide bonds. The fourth-order valence-electron chi connectivity index (χ4n) is 5.38. The van der Waals surface area contributed by atoms with E-state index in [4.69, 9.17) is 4.74 Å². The maximum absolute atomic E-state index is 15.5. The van der Waals surface area contributed by atoms with E-state index in [0.717, 1.165) is 61.9 Å². The van der Waals surface area contributed by atoms with E-state index in [1.165, 1.54) is 0 Å². The normalized spacial score (nSPS) is 19.3. The maximum atomic E-state index is 15.5. The molecule has 192 valence electrons. The fraction of sp³-hybridized carbons (Fsp3) is 0.500. The second-order valence-electron chi connectivity index (χ2n) is 9.67. The van der Waals surface area contributed by atoms with Gasteiger partial charge in [-0.05, 0) is 93.3 Å². The number of aliphatic carboxylic acids is 1. The number of hydrogen-bond acceptors (Lipinski definition) is 6. The first-order chi connectivity index (χ1) is 17.5. The molecule has 7 nitrogen and oxygen atoms in total. The van der Waals surface area contributed by atoms with Crippen molar-refractivity contribution in [3.63, 3.8) is 0 Å². The van der Waals surface area contributed by atoms with E-state index in [1.807, 2.05) is 18.2 Å². The Labute approximate surface area is 211 Å². The lowest BCUT2D eigenvalue weighted by atomic mass is 9.79. The Morgan fingerprint density at radius 2 is 2.08 bits per heavy atom. The lowest BCUT2D eigenvalue weighted by Gasteiger charge is -2.39. The molecule has 3 atom stereocenters. The number of fused-ring (bicyclic) bond motifs is 1. The molecule has 1 aliphatic heterocycles. The third-order valence-electron chi connectivity index (χ3n) is 7.34. The molecule has 2 unspecified atom stereocenters. The van der Waals surface area contributed by atoms with Crippen LogP contribution in [-0.2, 0) is 11.2 Å². The molecule has 0 spiro atoms. The van der Waals surface area contributed by atoms with Gasteiger partial charge in [-0.1, -0.05) is 0 Å². The number of carboxylic acids is 1. The van der Waals surface area contributed by atoms with Crippen molar-refractivity contribution >= 4 is 16.9 Å². The molecule has 8 heteroatoms. The highest BCUT2D eigenvalue weighted by molar-refractivity contribution is 5.83. The Morgan fingerprint density at radius 1 is 1.19 bits per heavy atom. The van der Waals surface area contributed by atoms with Gasteiger partial charge in [0.15, 0.2) is 0 Å². The van der Waals surface area contributed by atoms with Crippen LogP contribution in [0.4, 0.5) is 4.39 Å². The topological polar surface area (TPSA) is 88.4 Å². The van der Waals surface area contributed by atoms with Crippen molar-refractivity contribution in [2.45, 2.75) is 51.1 Å². The molecule has 3 heterocycles. The number of hydrogen-bond donors (Lipinski definition) is 1. The van der Waals surface area contributed by atoms with Gasteiger partial charge in [0.2, 0.25) is 0 Å². The highest BCUT2D eigenvalue weighted by Gasteiger charge is 2.30. The van der Waals surface area contributed by atoms with Crippen molar-refractivity contribution in [1.29, 1.82) is 0 Å².